The van der Waals surface area contributed by atoms with Crippen LogP contribution in [0.25, 0.3) is 11.1 Å². The second-order valence-electron chi connectivity index (χ2n) is 4.77. The van der Waals surface area contributed by atoms with Gasteiger partial charge in [0, 0.05) is 17.8 Å². The fourth-order valence-corrected chi connectivity index (χ4v) is 2.88. The fourth-order valence-electron chi connectivity index (χ4n) is 2.02. The molecular formula is C16H20N2OS. The minimum atomic E-state index is -0.212. The molecule has 0 saturated carbocycles. The Balaban J connectivity index is 1.72. The van der Waals surface area contributed by atoms with E-state index in [9.17, 15) is 4.79 Å². The lowest BCUT2D eigenvalue weighted by molar-refractivity contribution is -0.118. The summed E-state index contributed by atoms with van der Waals surface area (Å²) in [6.45, 7) is 1.81. The van der Waals surface area contributed by atoms with Crippen molar-refractivity contribution in [1.29, 1.82) is 0 Å². The summed E-state index contributed by atoms with van der Waals surface area (Å²) in [4.78, 5) is 11.9. The Morgan fingerprint density at radius 3 is 2.70 bits per heavy atom. The van der Waals surface area contributed by atoms with Gasteiger partial charge in [-0.25, -0.2) is 0 Å². The van der Waals surface area contributed by atoms with Gasteiger partial charge in [0.15, 0.2) is 0 Å². The van der Waals surface area contributed by atoms with Crippen LogP contribution in [0.4, 0.5) is 0 Å². The number of nitrogens with two attached hydrogens (primary N) is 1. The Kier molecular flexibility index (Phi) is 5.77. The molecule has 1 amide bonds. The van der Waals surface area contributed by atoms with Gasteiger partial charge in [0.1, 0.15) is 0 Å². The highest BCUT2D eigenvalue weighted by Crippen LogP contribution is 2.25. The summed E-state index contributed by atoms with van der Waals surface area (Å²) < 4.78 is 0. The normalized spacial score (nSPS) is 10.6. The highest BCUT2D eigenvalue weighted by molar-refractivity contribution is 7.10. The summed E-state index contributed by atoms with van der Waals surface area (Å²) in [7, 11) is 0. The average molecular weight is 288 g/mol. The zero-order valence-corrected chi connectivity index (χ0v) is 12.3. The molecule has 0 spiro atoms. The quantitative estimate of drug-likeness (QED) is 0.733. The SMILES string of the molecule is NC(=O)CCCCNCc1cc(-c2ccccc2)cs1. The molecule has 3 N–H and O–H groups in total. The second-order valence-corrected chi connectivity index (χ2v) is 5.76. The lowest BCUT2D eigenvalue weighted by Crippen LogP contribution is -2.15. The van der Waals surface area contributed by atoms with Crippen molar-refractivity contribution in [2.75, 3.05) is 6.54 Å². The molecule has 106 valence electrons. The van der Waals surface area contributed by atoms with Gasteiger partial charge in [-0.15, -0.1) is 11.3 Å². The van der Waals surface area contributed by atoms with E-state index < -0.39 is 0 Å². The number of primary amides is 1. The van der Waals surface area contributed by atoms with E-state index in [1.54, 1.807) is 11.3 Å². The van der Waals surface area contributed by atoms with E-state index in [-0.39, 0.29) is 5.91 Å². The molecule has 1 aromatic carbocycles. The predicted molar refractivity (Wildman–Crippen MR) is 84.5 cm³/mol. The van der Waals surface area contributed by atoms with Crippen LogP contribution in [0.3, 0.4) is 0 Å². The molecule has 0 bridgehead atoms. The number of carbonyl (C=O) groups excluding carboxylic acids is 1. The first-order valence-electron chi connectivity index (χ1n) is 6.87. The van der Waals surface area contributed by atoms with Crippen LogP contribution in [0.1, 0.15) is 24.1 Å². The molecule has 0 aliphatic rings. The Morgan fingerprint density at radius 1 is 1.15 bits per heavy atom. The van der Waals surface area contributed by atoms with Gasteiger partial charge >= 0.3 is 0 Å². The first-order valence-corrected chi connectivity index (χ1v) is 7.75. The first-order chi connectivity index (χ1) is 9.75. The van der Waals surface area contributed by atoms with Crippen molar-refractivity contribution in [3.63, 3.8) is 0 Å². The maximum absolute atomic E-state index is 10.6. The summed E-state index contributed by atoms with van der Waals surface area (Å²) in [5, 5.41) is 5.59. The molecule has 2 aromatic rings. The van der Waals surface area contributed by atoms with Gasteiger partial charge in [0.2, 0.25) is 5.91 Å². The van der Waals surface area contributed by atoms with Gasteiger partial charge in [0.05, 0.1) is 0 Å². The molecule has 1 aromatic heterocycles. The lowest BCUT2D eigenvalue weighted by atomic mass is 10.1. The third-order valence-electron chi connectivity index (χ3n) is 3.09. The van der Waals surface area contributed by atoms with E-state index in [1.807, 2.05) is 6.07 Å². The number of nitrogens with one attached hydrogen (secondary N) is 1. The van der Waals surface area contributed by atoms with Crippen LogP contribution < -0.4 is 11.1 Å². The molecule has 0 atom stereocenters. The predicted octanol–water partition coefficient (Wildman–Crippen LogP) is 3.16. The molecule has 4 heteroatoms. The minimum absolute atomic E-state index is 0.212. The van der Waals surface area contributed by atoms with Gasteiger partial charge in [-0.2, -0.15) is 0 Å². The van der Waals surface area contributed by atoms with Gasteiger partial charge in [0.25, 0.3) is 0 Å². The molecular weight excluding hydrogens is 268 g/mol. The topological polar surface area (TPSA) is 55.1 Å². The van der Waals surface area contributed by atoms with Crippen molar-refractivity contribution in [2.24, 2.45) is 5.73 Å². The number of amides is 1. The number of hydrogen-bond donors (Lipinski definition) is 2. The highest BCUT2D eigenvalue weighted by atomic mass is 32.1. The van der Waals surface area contributed by atoms with Gasteiger partial charge in [-0.05, 0) is 42.0 Å². The Morgan fingerprint density at radius 2 is 1.95 bits per heavy atom. The number of benzene rings is 1. The van der Waals surface area contributed by atoms with Gasteiger partial charge < -0.3 is 11.1 Å². The first kappa shape index (κ1) is 14.8. The third kappa shape index (κ3) is 4.79. The molecule has 1 heterocycles. The van der Waals surface area contributed by atoms with Crippen molar-refractivity contribution < 1.29 is 4.79 Å². The average Bonchev–Trinajstić information content (AvgIpc) is 2.92. The Labute approximate surface area is 123 Å². The van der Waals surface area contributed by atoms with E-state index in [0.717, 1.165) is 25.9 Å². The molecule has 0 unspecified atom stereocenters. The van der Waals surface area contributed by atoms with Crippen LogP contribution >= 0.6 is 11.3 Å². The van der Waals surface area contributed by atoms with Crippen LogP contribution in [0.2, 0.25) is 0 Å². The lowest BCUT2D eigenvalue weighted by Gasteiger charge is -2.02. The molecule has 0 radical (unpaired) electrons. The number of carbonyl (C=O) groups is 1. The van der Waals surface area contributed by atoms with Crippen molar-refractivity contribution in [2.45, 2.75) is 25.8 Å². The van der Waals surface area contributed by atoms with Gasteiger partial charge in [-0.1, -0.05) is 30.3 Å². The Bertz CT molecular complexity index is 536. The van der Waals surface area contributed by atoms with Crippen LogP contribution in [0.15, 0.2) is 41.8 Å². The molecule has 0 aliphatic heterocycles. The van der Waals surface area contributed by atoms with E-state index in [0.29, 0.717) is 6.42 Å². The molecule has 0 saturated heterocycles. The third-order valence-corrected chi connectivity index (χ3v) is 4.02. The standard InChI is InChI=1S/C16H20N2OS/c17-16(19)8-4-5-9-18-11-15-10-14(12-20-15)13-6-2-1-3-7-13/h1-3,6-7,10,12,18H,4-5,8-9,11H2,(H2,17,19). The largest absolute Gasteiger partial charge is 0.370 e. The van der Waals surface area contributed by atoms with Crippen LogP contribution in [-0.2, 0) is 11.3 Å². The smallest absolute Gasteiger partial charge is 0.217 e. The minimum Gasteiger partial charge on any atom is -0.370 e. The van der Waals surface area contributed by atoms with Crippen LogP contribution in [0, 0.1) is 0 Å². The zero-order valence-electron chi connectivity index (χ0n) is 11.5. The number of thiophene rings is 1. The van der Waals surface area contributed by atoms with Crippen molar-refractivity contribution >= 4 is 17.2 Å². The zero-order chi connectivity index (χ0) is 14.2. The summed E-state index contributed by atoms with van der Waals surface area (Å²) >= 11 is 1.78. The van der Waals surface area contributed by atoms with Crippen molar-refractivity contribution in [3.05, 3.63) is 46.7 Å². The monoisotopic (exact) mass is 288 g/mol. The number of rotatable bonds is 8. The van der Waals surface area contributed by atoms with E-state index in [2.05, 4.69) is 41.0 Å². The highest BCUT2D eigenvalue weighted by Gasteiger charge is 2.02. The summed E-state index contributed by atoms with van der Waals surface area (Å²) in [6, 6.07) is 12.6. The fraction of sp³-hybridized carbons (Fsp3) is 0.312. The Hall–Kier alpha value is -1.65. The van der Waals surface area contributed by atoms with E-state index in [1.165, 1.54) is 16.0 Å². The van der Waals surface area contributed by atoms with E-state index in [4.69, 9.17) is 5.73 Å². The molecule has 20 heavy (non-hydrogen) atoms. The van der Waals surface area contributed by atoms with Gasteiger partial charge in [-0.3, -0.25) is 4.79 Å². The number of hydrogen-bond acceptors (Lipinski definition) is 3. The summed E-state index contributed by atoms with van der Waals surface area (Å²) in [5.74, 6) is -0.212. The molecule has 0 fully saturated rings. The van der Waals surface area contributed by atoms with Crippen LogP contribution in [0.5, 0.6) is 0 Å². The molecule has 3 nitrogen and oxygen atoms in total. The molecule has 2 rings (SSSR count). The van der Waals surface area contributed by atoms with Crippen molar-refractivity contribution in [1.82, 2.24) is 5.32 Å². The maximum atomic E-state index is 10.6. The number of unbranched alkanes of at least 4 members (excludes halogenated alkanes) is 1. The second kappa shape index (κ2) is 7.82. The summed E-state index contributed by atoms with van der Waals surface area (Å²) in [6.07, 6.45) is 2.33. The maximum Gasteiger partial charge on any atom is 0.217 e. The van der Waals surface area contributed by atoms with Crippen molar-refractivity contribution in [3.8, 4) is 11.1 Å². The molecule has 0 aliphatic carbocycles. The summed E-state index contributed by atoms with van der Waals surface area (Å²) in [5.41, 5.74) is 7.64. The van der Waals surface area contributed by atoms with Crippen LogP contribution in [-0.4, -0.2) is 12.5 Å². The van der Waals surface area contributed by atoms with E-state index >= 15 is 0 Å².